The van der Waals surface area contributed by atoms with E-state index in [0.29, 0.717) is 10.6 Å². The van der Waals surface area contributed by atoms with Gasteiger partial charge in [-0.15, -0.1) is 0 Å². The fraction of sp³-hybridized carbons (Fsp3) is 0.238. The van der Waals surface area contributed by atoms with E-state index in [1.165, 1.54) is 5.56 Å². The van der Waals surface area contributed by atoms with E-state index in [4.69, 9.17) is 11.6 Å². The maximum atomic E-state index is 12.6. The molecule has 6 heteroatoms. The zero-order chi connectivity index (χ0) is 18.6. The van der Waals surface area contributed by atoms with Crippen LogP contribution in [0.15, 0.2) is 67.3 Å². The second kappa shape index (κ2) is 7.94. The molecule has 2 heterocycles. The lowest BCUT2D eigenvalue weighted by Crippen LogP contribution is -2.48. The van der Waals surface area contributed by atoms with Crippen molar-refractivity contribution in [3.63, 3.8) is 0 Å². The van der Waals surface area contributed by atoms with Gasteiger partial charge in [-0.1, -0.05) is 23.7 Å². The van der Waals surface area contributed by atoms with Gasteiger partial charge in [-0.2, -0.15) is 0 Å². The molecule has 1 aliphatic rings. The summed E-state index contributed by atoms with van der Waals surface area (Å²) in [6.07, 6.45) is 5.51. The van der Waals surface area contributed by atoms with Crippen LogP contribution in [0.1, 0.15) is 15.9 Å². The van der Waals surface area contributed by atoms with Gasteiger partial charge in [0.15, 0.2) is 0 Å². The van der Waals surface area contributed by atoms with Crippen molar-refractivity contribution in [3.05, 3.63) is 83.4 Å². The van der Waals surface area contributed by atoms with Gasteiger partial charge in [0.1, 0.15) is 0 Å². The summed E-state index contributed by atoms with van der Waals surface area (Å²) < 4.78 is 1.99. The summed E-state index contributed by atoms with van der Waals surface area (Å²) in [6, 6.07) is 15.6. The van der Waals surface area contributed by atoms with Crippen molar-refractivity contribution in [2.24, 2.45) is 0 Å². The number of benzene rings is 2. The van der Waals surface area contributed by atoms with Crippen molar-refractivity contribution in [2.75, 3.05) is 26.2 Å². The molecule has 0 unspecified atom stereocenters. The van der Waals surface area contributed by atoms with E-state index in [1.807, 2.05) is 15.7 Å². The van der Waals surface area contributed by atoms with Gasteiger partial charge in [0.25, 0.3) is 5.91 Å². The number of piperazine rings is 1. The first kappa shape index (κ1) is 17.8. The molecule has 1 aromatic heterocycles. The van der Waals surface area contributed by atoms with Gasteiger partial charge in [-0.25, -0.2) is 4.98 Å². The average molecular weight is 381 g/mol. The zero-order valence-electron chi connectivity index (χ0n) is 15.0. The first-order chi connectivity index (χ1) is 13.2. The molecule has 138 valence electrons. The summed E-state index contributed by atoms with van der Waals surface area (Å²) >= 11 is 5.90. The molecular formula is C21H21ClN4O. The minimum atomic E-state index is 0.0796. The Hall–Kier alpha value is -2.63. The predicted octanol–water partition coefficient (Wildman–Crippen LogP) is 3.48. The van der Waals surface area contributed by atoms with Crippen LogP contribution in [0.5, 0.6) is 0 Å². The quantitative estimate of drug-likeness (QED) is 0.695. The molecular weight excluding hydrogens is 360 g/mol. The number of carbonyl (C=O) groups excluding carboxylic acids is 1. The second-order valence-electron chi connectivity index (χ2n) is 6.71. The molecule has 5 nitrogen and oxygen atoms in total. The van der Waals surface area contributed by atoms with E-state index in [2.05, 4.69) is 34.1 Å². The van der Waals surface area contributed by atoms with E-state index >= 15 is 0 Å². The molecule has 1 fully saturated rings. The molecule has 1 aliphatic heterocycles. The fourth-order valence-corrected chi connectivity index (χ4v) is 3.45. The van der Waals surface area contributed by atoms with Gasteiger partial charge in [-0.05, 0) is 42.0 Å². The van der Waals surface area contributed by atoms with Crippen molar-refractivity contribution >= 4 is 17.5 Å². The first-order valence-electron chi connectivity index (χ1n) is 9.03. The number of nitrogens with zero attached hydrogens (tertiary/aromatic N) is 4. The van der Waals surface area contributed by atoms with Crippen LogP contribution >= 0.6 is 11.6 Å². The smallest absolute Gasteiger partial charge is 0.253 e. The minimum absolute atomic E-state index is 0.0796. The van der Waals surface area contributed by atoms with Crippen molar-refractivity contribution in [3.8, 4) is 5.69 Å². The Morgan fingerprint density at radius 3 is 2.30 bits per heavy atom. The van der Waals surface area contributed by atoms with Gasteiger partial charge in [0.2, 0.25) is 0 Å². The van der Waals surface area contributed by atoms with Crippen LogP contribution in [0.25, 0.3) is 5.69 Å². The Morgan fingerprint density at radius 1 is 0.963 bits per heavy atom. The molecule has 0 radical (unpaired) electrons. The zero-order valence-corrected chi connectivity index (χ0v) is 15.7. The minimum Gasteiger partial charge on any atom is -0.336 e. The first-order valence-corrected chi connectivity index (χ1v) is 9.41. The summed E-state index contributed by atoms with van der Waals surface area (Å²) in [5.74, 6) is 0.0796. The molecule has 0 N–H and O–H groups in total. The highest BCUT2D eigenvalue weighted by molar-refractivity contribution is 6.30. The van der Waals surface area contributed by atoms with Crippen LogP contribution in [-0.4, -0.2) is 51.4 Å². The highest BCUT2D eigenvalue weighted by Crippen LogP contribution is 2.15. The largest absolute Gasteiger partial charge is 0.336 e. The lowest BCUT2D eigenvalue weighted by atomic mass is 10.1. The highest BCUT2D eigenvalue weighted by Gasteiger charge is 2.22. The topological polar surface area (TPSA) is 41.4 Å². The van der Waals surface area contributed by atoms with Crippen LogP contribution in [0.2, 0.25) is 5.02 Å². The number of imidazole rings is 1. The van der Waals surface area contributed by atoms with Crippen LogP contribution in [0, 0.1) is 0 Å². The lowest BCUT2D eigenvalue weighted by Gasteiger charge is -2.34. The molecule has 4 rings (SSSR count). The number of halogens is 1. The lowest BCUT2D eigenvalue weighted by molar-refractivity contribution is 0.0628. The second-order valence-corrected chi connectivity index (χ2v) is 7.15. The highest BCUT2D eigenvalue weighted by atomic mass is 35.5. The summed E-state index contributed by atoms with van der Waals surface area (Å²) in [5, 5.41) is 0.649. The van der Waals surface area contributed by atoms with Crippen molar-refractivity contribution < 1.29 is 4.79 Å². The summed E-state index contributed by atoms with van der Waals surface area (Å²) in [4.78, 5) is 21.0. The Balaban J connectivity index is 1.31. The monoisotopic (exact) mass is 380 g/mol. The van der Waals surface area contributed by atoms with Crippen molar-refractivity contribution in [1.82, 2.24) is 19.4 Å². The third-order valence-corrected chi connectivity index (χ3v) is 5.15. The number of carbonyl (C=O) groups is 1. The Bertz CT molecular complexity index is 883. The Labute approximate surface area is 163 Å². The Kier molecular flexibility index (Phi) is 5.23. The molecule has 0 spiro atoms. The van der Waals surface area contributed by atoms with Gasteiger partial charge >= 0.3 is 0 Å². The number of hydrogen-bond acceptors (Lipinski definition) is 3. The fourth-order valence-electron chi connectivity index (χ4n) is 3.33. The van der Waals surface area contributed by atoms with E-state index < -0.39 is 0 Å². The molecule has 1 saturated heterocycles. The van der Waals surface area contributed by atoms with E-state index in [0.717, 1.165) is 38.4 Å². The van der Waals surface area contributed by atoms with Crippen LogP contribution in [0.3, 0.4) is 0 Å². The molecule has 0 aliphatic carbocycles. The van der Waals surface area contributed by atoms with Crippen LogP contribution < -0.4 is 0 Å². The van der Waals surface area contributed by atoms with Crippen molar-refractivity contribution in [1.29, 1.82) is 0 Å². The molecule has 0 saturated carbocycles. The number of aromatic nitrogens is 2. The van der Waals surface area contributed by atoms with Gasteiger partial charge in [-0.3, -0.25) is 9.69 Å². The third-order valence-electron chi connectivity index (χ3n) is 4.90. The van der Waals surface area contributed by atoms with E-state index in [-0.39, 0.29) is 5.91 Å². The Morgan fingerprint density at radius 2 is 1.67 bits per heavy atom. The standard InChI is InChI=1S/C21H21ClN4O/c22-19-5-3-18(4-6-19)21(27)25-13-11-24(12-14-25)15-17-1-7-20(8-2-17)26-10-9-23-16-26/h1-10,16H,11-15H2. The molecule has 27 heavy (non-hydrogen) atoms. The number of hydrogen-bond donors (Lipinski definition) is 0. The number of amides is 1. The number of rotatable bonds is 4. The summed E-state index contributed by atoms with van der Waals surface area (Å²) in [5.41, 5.74) is 3.08. The van der Waals surface area contributed by atoms with E-state index in [9.17, 15) is 4.79 Å². The normalized spacial score (nSPS) is 15.1. The van der Waals surface area contributed by atoms with Gasteiger partial charge in [0, 0.05) is 61.4 Å². The molecule has 2 aromatic carbocycles. The third kappa shape index (κ3) is 4.21. The van der Waals surface area contributed by atoms with E-state index in [1.54, 1.807) is 36.8 Å². The maximum absolute atomic E-state index is 12.6. The maximum Gasteiger partial charge on any atom is 0.253 e. The van der Waals surface area contributed by atoms with Crippen molar-refractivity contribution in [2.45, 2.75) is 6.54 Å². The van der Waals surface area contributed by atoms with Gasteiger partial charge in [0.05, 0.1) is 6.33 Å². The molecule has 3 aromatic rings. The molecule has 0 bridgehead atoms. The molecule has 0 atom stereocenters. The SMILES string of the molecule is O=C(c1ccc(Cl)cc1)N1CCN(Cc2ccc(-n3ccnc3)cc2)CC1. The predicted molar refractivity (Wildman–Crippen MR) is 106 cm³/mol. The van der Waals surface area contributed by atoms with Crippen LogP contribution in [0.4, 0.5) is 0 Å². The summed E-state index contributed by atoms with van der Waals surface area (Å²) in [7, 11) is 0. The van der Waals surface area contributed by atoms with Crippen LogP contribution in [-0.2, 0) is 6.54 Å². The molecule has 1 amide bonds. The average Bonchev–Trinajstić information content (AvgIpc) is 3.24. The van der Waals surface area contributed by atoms with Gasteiger partial charge < -0.3 is 9.47 Å². The summed E-state index contributed by atoms with van der Waals surface area (Å²) in [6.45, 7) is 4.14.